The van der Waals surface area contributed by atoms with E-state index < -0.39 is 0 Å². The molecule has 1 atom stereocenters. The van der Waals surface area contributed by atoms with E-state index in [1.165, 1.54) is 34.2 Å². The molecule has 0 radical (unpaired) electrons. The second-order valence-corrected chi connectivity index (χ2v) is 9.42. The zero-order chi connectivity index (χ0) is 19.5. The average Bonchev–Trinajstić information content (AvgIpc) is 3.09. The molecule has 1 N–H and O–H groups in total. The number of thiophene rings is 1. The van der Waals surface area contributed by atoms with Crippen molar-refractivity contribution >= 4 is 39.2 Å². The highest BCUT2D eigenvalue weighted by molar-refractivity contribution is 8.00. The SMILES string of the molecule is Cc1nc(SCC(=O)NC[C@@H](C)c2ccccc2)c2c3c(sc2n1)CCCC3. The molecule has 1 amide bonds. The van der Waals surface area contributed by atoms with Gasteiger partial charge in [-0.2, -0.15) is 0 Å². The fourth-order valence-electron chi connectivity index (χ4n) is 3.68. The maximum Gasteiger partial charge on any atom is 0.230 e. The Morgan fingerprint density at radius 3 is 2.82 bits per heavy atom. The van der Waals surface area contributed by atoms with Crippen molar-refractivity contribution in [2.24, 2.45) is 0 Å². The number of carbonyl (C=O) groups excluding carboxylic acids is 1. The lowest BCUT2D eigenvalue weighted by Gasteiger charge is -2.13. The molecule has 0 saturated carbocycles. The van der Waals surface area contributed by atoms with Gasteiger partial charge in [-0.15, -0.1) is 11.3 Å². The summed E-state index contributed by atoms with van der Waals surface area (Å²) in [5.41, 5.74) is 2.67. The smallest absolute Gasteiger partial charge is 0.230 e. The summed E-state index contributed by atoms with van der Waals surface area (Å²) in [4.78, 5) is 24.3. The fraction of sp³-hybridized carbons (Fsp3) is 0.409. The van der Waals surface area contributed by atoms with E-state index in [2.05, 4.69) is 34.3 Å². The summed E-state index contributed by atoms with van der Waals surface area (Å²) >= 11 is 3.35. The zero-order valence-electron chi connectivity index (χ0n) is 16.3. The molecular formula is C22H25N3OS2. The summed E-state index contributed by atoms with van der Waals surface area (Å²) in [5, 5.41) is 5.23. The lowest BCUT2D eigenvalue weighted by Crippen LogP contribution is -2.29. The Balaban J connectivity index is 1.42. The minimum absolute atomic E-state index is 0.0568. The quantitative estimate of drug-likeness (QED) is 0.463. The number of thioether (sulfide) groups is 1. The number of benzene rings is 1. The van der Waals surface area contributed by atoms with Crippen LogP contribution in [0.15, 0.2) is 35.4 Å². The van der Waals surface area contributed by atoms with Crippen molar-refractivity contribution in [2.45, 2.75) is 50.5 Å². The molecule has 6 heteroatoms. The predicted octanol–water partition coefficient (Wildman–Crippen LogP) is 4.89. The van der Waals surface area contributed by atoms with Crippen molar-refractivity contribution in [1.82, 2.24) is 15.3 Å². The van der Waals surface area contributed by atoms with Gasteiger partial charge in [0.15, 0.2) is 0 Å². The van der Waals surface area contributed by atoms with Crippen LogP contribution in [0.2, 0.25) is 0 Å². The molecular weight excluding hydrogens is 386 g/mol. The Morgan fingerprint density at radius 2 is 2.00 bits per heavy atom. The van der Waals surface area contributed by atoms with E-state index in [0.717, 1.165) is 28.5 Å². The molecule has 1 aliphatic carbocycles. The molecule has 146 valence electrons. The number of hydrogen-bond donors (Lipinski definition) is 1. The Kier molecular flexibility index (Phi) is 5.97. The summed E-state index contributed by atoms with van der Waals surface area (Å²) in [6, 6.07) is 10.3. The molecule has 2 aromatic heterocycles. The Bertz CT molecular complexity index is 984. The minimum Gasteiger partial charge on any atom is -0.355 e. The highest BCUT2D eigenvalue weighted by Gasteiger charge is 2.21. The molecule has 2 heterocycles. The van der Waals surface area contributed by atoms with Gasteiger partial charge in [-0.25, -0.2) is 9.97 Å². The number of nitrogens with one attached hydrogen (secondary N) is 1. The van der Waals surface area contributed by atoms with Crippen molar-refractivity contribution in [2.75, 3.05) is 12.3 Å². The van der Waals surface area contributed by atoms with Crippen LogP contribution in [0.4, 0.5) is 0 Å². The molecule has 4 nitrogen and oxygen atoms in total. The minimum atomic E-state index is 0.0568. The number of aromatic nitrogens is 2. The molecule has 3 aromatic rings. The van der Waals surface area contributed by atoms with Gasteiger partial charge in [-0.05, 0) is 49.7 Å². The van der Waals surface area contributed by atoms with Crippen molar-refractivity contribution in [3.63, 3.8) is 0 Å². The molecule has 1 aromatic carbocycles. The van der Waals surface area contributed by atoms with E-state index in [4.69, 9.17) is 0 Å². The second kappa shape index (κ2) is 8.62. The van der Waals surface area contributed by atoms with Gasteiger partial charge in [-0.1, -0.05) is 49.0 Å². The molecule has 0 unspecified atom stereocenters. The number of fused-ring (bicyclic) bond motifs is 3. The average molecular weight is 412 g/mol. The van der Waals surface area contributed by atoms with Gasteiger partial charge in [0.2, 0.25) is 5.91 Å². The number of rotatable bonds is 6. The van der Waals surface area contributed by atoms with Crippen LogP contribution in [-0.4, -0.2) is 28.2 Å². The second-order valence-electron chi connectivity index (χ2n) is 7.37. The summed E-state index contributed by atoms with van der Waals surface area (Å²) in [6.07, 6.45) is 4.75. The molecule has 4 rings (SSSR count). The van der Waals surface area contributed by atoms with Gasteiger partial charge in [0.1, 0.15) is 15.7 Å². The van der Waals surface area contributed by atoms with Crippen LogP contribution in [0.25, 0.3) is 10.2 Å². The van der Waals surface area contributed by atoms with Crippen LogP contribution < -0.4 is 5.32 Å². The number of carbonyl (C=O) groups is 1. The van der Waals surface area contributed by atoms with E-state index in [-0.39, 0.29) is 5.91 Å². The third-order valence-electron chi connectivity index (χ3n) is 5.21. The first-order chi connectivity index (χ1) is 13.6. The van der Waals surface area contributed by atoms with Crippen molar-refractivity contribution < 1.29 is 4.79 Å². The van der Waals surface area contributed by atoms with E-state index in [0.29, 0.717) is 18.2 Å². The third-order valence-corrected chi connectivity index (χ3v) is 7.37. The molecule has 1 aliphatic rings. The molecule has 0 fully saturated rings. The highest BCUT2D eigenvalue weighted by Crippen LogP contribution is 2.39. The van der Waals surface area contributed by atoms with Crippen LogP contribution >= 0.6 is 23.1 Å². The van der Waals surface area contributed by atoms with Gasteiger partial charge >= 0.3 is 0 Å². The molecule has 0 aliphatic heterocycles. The number of hydrogen-bond acceptors (Lipinski definition) is 5. The van der Waals surface area contributed by atoms with E-state index in [1.807, 2.05) is 36.5 Å². The Labute approximate surface area is 174 Å². The Hall–Kier alpha value is -1.92. The van der Waals surface area contributed by atoms with Gasteiger partial charge in [0.05, 0.1) is 5.75 Å². The van der Waals surface area contributed by atoms with Gasteiger partial charge in [0.25, 0.3) is 0 Å². The molecule has 0 saturated heterocycles. The van der Waals surface area contributed by atoms with Crippen LogP contribution in [-0.2, 0) is 17.6 Å². The third kappa shape index (κ3) is 4.23. The highest BCUT2D eigenvalue weighted by atomic mass is 32.2. The van der Waals surface area contributed by atoms with Crippen molar-refractivity contribution in [3.05, 3.63) is 52.2 Å². The topological polar surface area (TPSA) is 54.9 Å². The monoisotopic (exact) mass is 411 g/mol. The van der Waals surface area contributed by atoms with Gasteiger partial charge < -0.3 is 5.32 Å². The maximum atomic E-state index is 12.4. The standard InChI is InChI=1S/C22H25N3OS2/c1-14(16-8-4-3-5-9-16)12-23-19(26)13-27-21-20-17-10-6-7-11-18(17)28-22(20)25-15(2)24-21/h3-5,8-9,14H,6-7,10-13H2,1-2H3,(H,23,26)/t14-/m1/s1. The predicted molar refractivity (Wildman–Crippen MR) is 117 cm³/mol. The molecule has 28 heavy (non-hydrogen) atoms. The summed E-state index contributed by atoms with van der Waals surface area (Å²) in [6.45, 7) is 4.72. The fourth-order valence-corrected chi connectivity index (χ4v) is 5.98. The van der Waals surface area contributed by atoms with Crippen LogP contribution in [0.3, 0.4) is 0 Å². The lowest BCUT2D eigenvalue weighted by atomic mass is 9.97. The Morgan fingerprint density at radius 1 is 1.21 bits per heavy atom. The van der Waals surface area contributed by atoms with E-state index in [9.17, 15) is 4.79 Å². The van der Waals surface area contributed by atoms with Gasteiger partial charge in [-0.3, -0.25) is 4.79 Å². The summed E-state index contributed by atoms with van der Waals surface area (Å²) in [7, 11) is 0. The molecule has 0 spiro atoms. The molecule has 0 bridgehead atoms. The van der Waals surface area contributed by atoms with Crippen LogP contribution in [0, 0.1) is 6.92 Å². The first kappa shape index (κ1) is 19.4. The van der Waals surface area contributed by atoms with Crippen LogP contribution in [0.5, 0.6) is 0 Å². The van der Waals surface area contributed by atoms with Gasteiger partial charge in [0, 0.05) is 16.8 Å². The summed E-state index contributed by atoms with van der Waals surface area (Å²) < 4.78 is 0. The zero-order valence-corrected chi connectivity index (χ0v) is 18.0. The lowest BCUT2D eigenvalue weighted by molar-refractivity contribution is -0.118. The number of aryl methyl sites for hydroxylation is 3. The normalized spacial score (nSPS) is 14.6. The first-order valence-corrected chi connectivity index (χ1v) is 11.7. The van der Waals surface area contributed by atoms with Crippen LogP contribution in [0.1, 0.15) is 47.5 Å². The number of amides is 1. The van der Waals surface area contributed by atoms with Crippen molar-refractivity contribution in [1.29, 1.82) is 0 Å². The van der Waals surface area contributed by atoms with E-state index in [1.54, 1.807) is 11.8 Å². The summed E-state index contributed by atoms with van der Waals surface area (Å²) in [5.74, 6) is 1.53. The van der Waals surface area contributed by atoms with E-state index >= 15 is 0 Å². The largest absolute Gasteiger partial charge is 0.355 e. The number of nitrogens with zero attached hydrogens (tertiary/aromatic N) is 2. The maximum absolute atomic E-state index is 12.4. The first-order valence-electron chi connectivity index (χ1n) is 9.85. The van der Waals surface area contributed by atoms with Crippen molar-refractivity contribution in [3.8, 4) is 0 Å².